The normalized spacial score (nSPS) is 10.8. The Labute approximate surface area is 232 Å². The fraction of sp³-hybridized carbons (Fsp3) is 0.0938. The van der Waals surface area contributed by atoms with Gasteiger partial charge in [-0.15, -0.1) is 0 Å². The summed E-state index contributed by atoms with van der Waals surface area (Å²) in [5.74, 6) is 1.38. The highest BCUT2D eigenvalue weighted by Gasteiger charge is 2.12. The predicted molar refractivity (Wildman–Crippen MR) is 154 cm³/mol. The number of hydrazone groups is 1. The first kappa shape index (κ1) is 26.2. The first-order valence-electron chi connectivity index (χ1n) is 12.7. The standard InChI is InChI=1S/C32H28N4O4/c1-38-29-14-8-9-15-30(29)40-23-31(37)34-33-20-26-21-36(27-12-6-3-7-13-27)35-32(26)25-16-18-28(19-17-25)39-22-24-10-4-2-5-11-24/h2-21H,22-23H2,1H3,(H,34,37)/b33-20+. The summed E-state index contributed by atoms with van der Waals surface area (Å²) < 4.78 is 18.5. The maximum absolute atomic E-state index is 12.4. The van der Waals surface area contributed by atoms with E-state index in [1.54, 1.807) is 30.1 Å². The van der Waals surface area contributed by atoms with Crippen LogP contribution >= 0.6 is 0 Å². The summed E-state index contributed by atoms with van der Waals surface area (Å²) in [6.07, 6.45) is 3.44. The van der Waals surface area contributed by atoms with Gasteiger partial charge in [-0.25, -0.2) is 10.1 Å². The fourth-order valence-corrected chi connectivity index (χ4v) is 3.96. The van der Waals surface area contributed by atoms with Crippen LogP contribution in [0.15, 0.2) is 120 Å². The number of carbonyl (C=O) groups excluding carboxylic acids is 1. The molecule has 8 nitrogen and oxygen atoms in total. The number of aromatic nitrogens is 2. The molecule has 0 unspecified atom stereocenters. The molecular formula is C32H28N4O4. The summed E-state index contributed by atoms with van der Waals surface area (Å²) in [7, 11) is 1.55. The number of benzene rings is 4. The molecule has 1 amide bonds. The van der Waals surface area contributed by atoms with Gasteiger partial charge in [0.05, 0.1) is 19.0 Å². The molecule has 0 saturated heterocycles. The first-order valence-corrected chi connectivity index (χ1v) is 12.7. The Bertz CT molecular complexity index is 1570. The lowest BCUT2D eigenvalue weighted by Crippen LogP contribution is -2.24. The fourth-order valence-electron chi connectivity index (χ4n) is 3.96. The van der Waals surface area contributed by atoms with E-state index < -0.39 is 5.91 Å². The van der Waals surface area contributed by atoms with Gasteiger partial charge in [0.15, 0.2) is 18.1 Å². The van der Waals surface area contributed by atoms with Crippen molar-refractivity contribution in [1.82, 2.24) is 15.2 Å². The molecular weight excluding hydrogens is 504 g/mol. The Kier molecular flexibility index (Phi) is 8.48. The van der Waals surface area contributed by atoms with Crippen LogP contribution in [0.4, 0.5) is 0 Å². The highest BCUT2D eigenvalue weighted by molar-refractivity contribution is 5.89. The van der Waals surface area contributed by atoms with Crippen molar-refractivity contribution in [3.05, 3.63) is 127 Å². The number of nitrogens with one attached hydrogen (secondary N) is 1. The van der Waals surface area contributed by atoms with Crippen LogP contribution in [0.5, 0.6) is 17.2 Å². The van der Waals surface area contributed by atoms with Gasteiger partial charge in [-0.3, -0.25) is 4.79 Å². The summed E-state index contributed by atoms with van der Waals surface area (Å²) in [4.78, 5) is 12.4. The van der Waals surface area contributed by atoms with E-state index in [2.05, 4.69) is 10.5 Å². The van der Waals surface area contributed by atoms with Gasteiger partial charge in [-0.1, -0.05) is 60.7 Å². The second-order valence-electron chi connectivity index (χ2n) is 8.74. The van der Waals surface area contributed by atoms with Gasteiger partial charge in [0.1, 0.15) is 18.1 Å². The van der Waals surface area contributed by atoms with E-state index in [-0.39, 0.29) is 6.61 Å². The van der Waals surface area contributed by atoms with Gasteiger partial charge in [-0.05, 0) is 54.1 Å². The monoisotopic (exact) mass is 532 g/mol. The summed E-state index contributed by atoms with van der Waals surface area (Å²) in [6, 6.07) is 34.7. The minimum atomic E-state index is -0.404. The summed E-state index contributed by atoms with van der Waals surface area (Å²) in [5.41, 5.74) is 6.84. The highest BCUT2D eigenvalue weighted by Crippen LogP contribution is 2.26. The molecule has 0 bridgehead atoms. The number of ether oxygens (including phenoxy) is 3. The summed E-state index contributed by atoms with van der Waals surface area (Å²) in [5, 5.41) is 8.96. The van der Waals surface area contributed by atoms with E-state index in [1.165, 1.54) is 0 Å². The second-order valence-corrected chi connectivity index (χ2v) is 8.74. The van der Waals surface area contributed by atoms with Gasteiger partial charge < -0.3 is 14.2 Å². The Balaban J connectivity index is 1.29. The zero-order valence-electron chi connectivity index (χ0n) is 21.9. The molecule has 0 spiro atoms. The Morgan fingerprint density at radius 3 is 2.25 bits per heavy atom. The first-order chi connectivity index (χ1) is 19.7. The number of hydrogen-bond acceptors (Lipinski definition) is 6. The highest BCUT2D eigenvalue weighted by atomic mass is 16.5. The molecule has 1 heterocycles. The molecule has 0 saturated carbocycles. The molecule has 0 aliphatic carbocycles. The zero-order chi connectivity index (χ0) is 27.6. The minimum absolute atomic E-state index is 0.210. The molecule has 40 heavy (non-hydrogen) atoms. The number of para-hydroxylation sites is 3. The Morgan fingerprint density at radius 1 is 0.850 bits per heavy atom. The van der Waals surface area contributed by atoms with Gasteiger partial charge in [0.2, 0.25) is 0 Å². The topological polar surface area (TPSA) is 87.0 Å². The van der Waals surface area contributed by atoms with E-state index in [4.69, 9.17) is 19.3 Å². The zero-order valence-corrected chi connectivity index (χ0v) is 21.9. The van der Waals surface area contributed by atoms with Crippen molar-refractivity contribution in [3.63, 3.8) is 0 Å². The van der Waals surface area contributed by atoms with Gasteiger partial charge >= 0.3 is 0 Å². The molecule has 0 aliphatic rings. The van der Waals surface area contributed by atoms with Crippen LogP contribution in [0.25, 0.3) is 16.9 Å². The van der Waals surface area contributed by atoms with Crippen LogP contribution in [0, 0.1) is 0 Å². The lowest BCUT2D eigenvalue weighted by atomic mass is 10.1. The molecule has 0 fully saturated rings. The SMILES string of the molecule is COc1ccccc1OCC(=O)N/N=C/c1cn(-c2ccccc2)nc1-c1ccc(OCc2ccccc2)cc1. The van der Waals surface area contributed by atoms with Crippen LogP contribution in [0.2, 0.25) is 0 Å². The van der Waals surface area contributed by atoms with Crippen molar-refractivity contribution in [3.8, 4) is 34.2 Å². The smallest absolute Gasteiger partial charge is 0.277 e. The largest absolute Gasteiger partial charge is 0.493 e. The Hall–Kier alpha value is -5.37. The molecule has 200 valence electrons. The molecule has 1 aromatic heterocycles. The number of methoxy groups -OCH3 is 1. The average Bonchev–Trinajstić information content (AvgIpc) is 3.44. The van der Waals surface area contributed by atoms with Crippen molar-refractivity contribution in [2.75, 3.05) is 13.7 Å². The predicted octanol–water partition coefficient (Wildman–Crippen LogP) is 5.66. The average molecular weight is 533 g/mol. The van der Waals surface area contributed by atoms with E-state index in [9.17, 15) is 4.79 Å². The lowest BCUT2D eigenvalue weighted by Gasteiger charge is -2.09. The van der Waals surface area contributed by atoms with Gasteiger partial charge in [0.25, 0.3) is 5.91 Å². The Morgan fingerprint density at radius 2 is 1.52 bits per heavy atom. The van der Waals surface area contributed by atoms with E-state index in [1.807, 2.05) is 103 Å². The number of amides is 1. The number of carbonyl (C=O) groups is 1. The number of hydrogen-bond donors (Lipinski definition) is 1. The van der Waals surface area contributed by atoms with Crippen LogP contribution in [0.3, 0.4) is 0 Å². The third-order valence-electron chi connectivity index (χ3n) is 5.96. The molecule has 5 aromatic rings. The van der Waals surface area contributed by atoms with Gasteiger partial charge in [-0.2, -0.15) is 10.2 Å². The maximum atomic E-state index is 12.4. The van der Waals surface area contributed by atoms with Crippen molar-refractivity contribution in [2.24, 2.45) is 5.10 Å². The molecule has 5 rings (SSSR count). The van der Waals surface area contributed by atoms with Crippen LogP contribution in [-0.2, 0) is 11.4 Å². The number of rotatable bonds is 11. The molecule has 8 heteroatoms. The molecule has 0 aliphatic heterocycles. The third kappa shape index (κ3) is 6.73. The maximum Gasteiger partial charge on any atom is 0.277 e. The van der Waals surface area contributed by atoms with Crippen LogP contribution in [0.1, 0.15) is 11.1 Å². The second kappa shape index (κ2) is 12.9. The lowest BCUT2D eigenvalue weighted by molar-refractivity contribution is -0.123. The van der Waals surface area contributed by atoms with E-state index in [0.29, 0.717) is 23.8 Å². The third-order valence-corrected chi connectivity index (χ3v) is 5.96. The van der Waals surface area contributed by atoms with E-state index in [0.717, 1.165) is 28.1 Å². The van der Waals surface area contributed by atoms with Crippen LogP contribution < -0.4 is 19.6 Å². The van der Waals surface area contributed by atoms with Crippen molar-refractivity contribution in [2.45, 2.75) is 6.61 Å². The molecule has 1 N–H and O–H groups in total. The van der Waals surface area contributed by atoms with Crippen molar-refractivity contribution < 1.29 is 19.0 Å². The van der Waals surface area contributed by atoms with Crippen molar-refractivity contribution in [1.29, 1.82) is 0 Å². The van der Waals surface area contributed by atoms with Crippen molar-refractivity contribution >= 4 is 12.1 Å². The summed E-state index contributed by atoms with van der Waals surface area (Å²) in [6.45, 7) is 0.277. The minimum Gasteiger partial charge on any atom is -0.493 e. The molecule has 0 radical (unpaired) electrons. The quantitative estimate of drug-likeness (QED) is 0.175. The summed E-state index contributed by atoms with van der Waals surface area (Å²) >= 11 is 0. The van der Waals surface area contributed by atoms with E-state index >= 15 is 0 Å². The van der Waals surface area contributed by atoms with Crippen LogP contribution in [-0.4, -0.2) is 35.6 Å². The van der Waals surface area contributed by atoms with Gasteiger partial charge in [0, 0.05) is 17.3 Å². The molecule has 4 aromatic carbocycles. The molecule has 0 atom stereocenters. The number of nitrogens with zero attached hydrogens (tertiary/aromatic N) is 3.